The van der Waals surface area contributed by atoms with E-state index in [1.807, 2.05) is 0 Å². The molecule has 4 rings (SSSR count). The van der Waals surface area contributed by atoms with Crippen LogP contribution in [0.15, 0.2) is 12.1 Å². The minimum absolute atomic E-state index is 0.369. The molecular formula is C17H24N2O. The van der Waals surface area contributed by atoms with Gasteiger partial charge in [-0.15, -0.1) is 0 Å². The molecular weight excluding hydrogens is 248 g/mol. The van der Waals surface area contributed by atoms with E-state index in [9.17, 15) is 0 Å². The highest BCUT2D eigenvalue weighted by molar-refractivity contribution is 5.61. The lowest BCUT2D eigenvalue weighted by Gasteiger charge is -2.44. The van der Waals surface area contributed by atoms with E-state index in [-0.39, 0.29) is 0 Å². The predicted octanol–water partition coefficient (Wildman–Crippen LogP) is 2.79. The Balaban J connectivity index is 1.76. The molecule has 0 saturated carbocycles. The Hall–Kier alpha value is -1.22. The second-order valence-electron chi connectivity index (χ2n) is 6.72. The Morgan fingerprint density at radius 2 is 2.05 bits per heavy atom. The van der Waals surface area contributed by atoms with Crippen LogP contribution in [0.25, 0.3) is 0 Å². The molecule has 0 unspecified atom stereocenters. The first kappa shape index (κ1) is 12.5. The molecule has 108 valence electrons. The van der Waals surface area contributed by atoms with E-state index in [1.165, 1.54) is 67.8 Å². The van der Waals surface area contributed by atoms with Crippen molar-refractivity contribution in [1.29, 1.82) is 0 Å². The summed E-state index contributed by atoms with van der Waals surface area (Å²) in [4.78, 5) is 2.46. The average Bonchev–Trinajstić information content (AvgIpc) is 2.49. The number of benzene rings is 1. The Morgan fingerprint density at radius 3 is 2.90 bits per heavy atom. The Kier molecular flexibility index (Phi) is 2.92. The quantitative estimate of drug-likeness (QED) is 0.786. The number of aryl methyl sites for hydroxylation is 1. The largest absolute Gasteiger partial charge is 0.493 e. The first-order chi connectivity index (χ1) is 9.77. The maximum Gasteiger partial charge on any atom is 0.123 e. The molecule has 0 amide bonds. The summed E-state index contributed by atoms with van der Waals surface area (Å²) in [6, 6.07) is 4.73. The molecule has 0 radical (unpaired) electrons. The minimum Gasteiger partial charge on any atom is -0.493 e. The van der Waals surface area contributed by atoms with Crippen molar-refractivity contribution < 1.29 is 4.74 Å². The third kappa shape index (κ3) is 1.91. The van der Waals surface area contributed by atoms with Crippen LogP contribution in [-0.2, 0) is 11.8 Å². The molecule has 3 heteroatoms. The fourth-order valence-corrected chi connectivity index (χ4v) is 4.09. The molecule has 1 aromatic rings. The van der Waals surface area contributed by atoms with Gasteiger partial charge in [0.15, 0.2) is 0 Å². The van der Waals surface area contributed by atoms with Crippen LogP contribution in [0.5, 0.6) is 5.75 Å². The lowest BCUT2D eigenvalue weighted by Crippen LogP contribution is -2.43. The molecule has 0 aliphatic carbocycles. The molecule has 1 N–H and O–H groups in total. The summed E-state index contributed by atoms with van der Waals surface area (Å²) in [5.74, 6) is 1.17. The summed E-state index contributed by atoms with van der Waals surface area (Å²) in [5.41, 5.74) is 4.65. The SMILES string of the molecule is CN1CCC2(CCOc3cc4c(cc32)NCCC4)CC1. The van der Waals surface area contributed by atoms with Gasteiger partial charge in [-0.25, -0.2) is 0 Å². The molecule has 3 aliphatic rings. The molecule has 1 spiro atoms. The van der Waals surface area contributed by atoms with Crippen molar-refractivity contribution >= 4 is 5.69 Å². The van der Waals surface area contributed by atoms with Crippen LogP contribution >= 0.6 is 0 Å². The molecule has 3 nitrogen and oxygen atoms in total. The number of nitrogens with one attached hydrogen (secondary N) is 1. The predicted molar refractivity (Wildman–Crippen MR) is 81.8 cm³/mol. The highest BCUT2D eigenvalue weighted by Crippen LogP contribution is 2.47. The van der Waals surface area contributed by atoms with E-state index in [0.717, 1.165) is 13.2 Å². The molecule has 3 aliphatic heterocycles. The zero-order valence-corrected chi connectivity index (χ0v) is 12.4. The maximum atomic E-state index is 6.00. The van der Waals surface area contributed by atoms with Gasteiger partial charge in [0.05, 0.1) is 6.61 Å². The van der Waals surface area contributed by atoms with Crippen LogP contribution in [0, 0.1) is 0 Å². The highest BCUT2D eigenvalue weighted by Gasteiger charge is 2.40. The van der Waals surface area contributed by atoms with Crippen LogP contribution in [-0.4, -0.2) is 38.2 Å². The molecule has 3 heterocycles. The molecule has 0 atom stereocenters. The third-order valence-electron chi connectivity index (χ3n) is 5.50. The lowest BCUT2D eigenvalue weighted by atomic mass is 9.69. The number of likely N-dealkylation sites (tertiary alicyclic amines) is 1. The van der Waals surface area contributed by atoms with Gasteiger partial charge in [0, 0.05) is 23.2 Å². The summed E-state index contributed by atoms with van der Waals surface area (Å²) in [5, 5.41) is 3.58. The topological polar surface area (TPSA) is 24.5 Å². The number of nitrogens with zero attached hydrogens (tertiary/aromatic N) is 1. The first-order valence-corrected chi connectivity index (χ1v) is 7.99. The highest BCUT2D eigenvalue weighted by atomic mass is 16.5. The maximum absolute atomic E-state index is 6.00. The minimum atomic E-state index is 0.369. The van der Waals surface area contributed by atoms with Gasteiger partial charge in [-0.3, -0.25) is 0 Å². The van der Waals surface area contributed by atoms with Crippen molar-refractivity contribution in [1.82, 2.24) is 4.90 Å². The summed E-state index contributed by atoms with van der Waals surface area (Å²) in [6.45, 7) is 4.43. The number of rotatable bonds is 0. The second kappa shape index (κ2) is 4.66. The van der Waals surface area contributed by atoms with E-state index >= 15 is 0 Å². The van der Waals surface area contributed by atoms with Crippen LogP contribution in [0.3, 0.4) is 0 Å². The van der Waals surface area contributed by atoms with Gasteiger partial charge in [0.2, 0.25) is 0 Å². The second-order valence-corrected chi connectivity index (χ2v) is 6.72. The third-order valence-corrected chi connectivity index (χ3v) is 5.50. The molecule has 20 heavy (non-hydrogen) atoms. The van der Waals surface area contributed by atoms with Crippen LogP contribution in [0.1, 0.15) is 36.8 Å². The van der Waals surface area contributed by atoms with Crippen LogP contribution in [0.2, 0.25) is 0 Å². The zero-order chi connectivity index (χ0) is 13.6. The molecule has 0 aromatic heterocycles. The zero-order valence-electron chi connectivity index (χ0n) is 12.4. The van der Waals surface area contributed by atoms with Gasteiger partial charge < -0.3 is 15.0 Å². The van der Waals surface area contributed by atoms with Crippen molar-refractivity contribution in [3.05, 3.63) is 23.3 Å². The number of ether oxygens (including phenoxy) is 1. The first-order valence-electron chi connectivity index (χ1n) is 7.99. The van der Waals surface area contributed by atoms with E-state index in [4.69, 9.17) is 4.74 Å². The Morgan fingerprint density at radius 1 is 1.20 bits per heavy atom. The summed E-state index contributed by atoms with van der Waals surface area (Å²) >= 11 is 0. The Bertz CT molecular complexity index is 518. The molecule has 1 saturated heterocycles. The number of piperidine rings is 1. The van der Waals surface area contributed by atoms with Crippen molar-refractivity contribution in [3.8, 4) is 5.75 Å². The van der Waals surface area contributed by atoms with Gasteiger partial charge in [0.1, 0.15) is 5.75 Å². The van der Waals surface area contributed by atoms with E-state index in [0.29, 0.717) is 5.41 Å². The van der Waals surface area contributed by atoms with Gasteiger partial charge >= 0.3 is 0 Å². The molecule has 0 bridgehead atoms. The summed E-state index contributed by atoms with van der Waals surface area (Å²) in [6.07, 6.45) is 6.17. The summed E-state index contributed by atoms with van der Waals surface area (Å²) < 4.78 is 6.00. The number of hydrogen-bond acceptors (Lipinski definition) is 3. The number of anilines is 1. The van der Waals surface area contributed by atoms with E-state index < -0.39 is 0 Å². The van der Waals surface area contributed by atoms with Crippen LogP contribution < -0.4 is 10.1 Å². The number of hydrogen-bond donors (Lipinski definition) is 1. The van der Waals surface area contributed by atoms with Crippen LogP contribution in [0.4, 0.5) is 5.69 Å². The normalized spacial score (nSPS) is 24.4. The van der Waals surface area contributed by atoms with Gasteiger partial charge in [0.25, 0.3) is 0 Å². The van der Waals surface area contributed by atoms with Gasteiger partial charge in [-0.2, -0.15) is 0 Å². The smallest absolute Gasteiger partial charge is 0.123 e. The summed E-state index contributed by atoms with van der Waals surface area (Å²) in [7, 11) is 2.24. The van der Waals surface area contributed by atoms with Gasteiger partial charge in [-0.05, 0) is 69.9 Å². The van der Waals surface area contributed by atoms with Crippen molar-refractivity contribution in [3.63, 3.8) is 0 Å². The monoisotopic (exact) mass is 272 g/mol. The fraction of sp³-hybridized carbons (Fsp3) is 0.647. The van der Waals surface area contributed by atoms with Crippen molar-refractivity contribution in [2.45, 2.75) is 37.5 Å². The fourth-order valence-electron chi connectivity index (χ4n) is 4.09. The van der Waals surface area contributed by atoms with E-state index in [1.54, 1.807) is 0 Å². The van der Waals surface area contributed by atoms with E-state index in [2.05, 4.69) is 29.4 Å². The van der Waals surface area contributed by atoms with Crippen molar-refractivity contribution in [2.75, 3.05) is 38.6 Å². The molecule has 1 fully saturated rings. The van der Waals surface area contributed by atoms with Gasteiger partial charge in [-0.1, -0.05) is 0 Å². The Labute approximate surface area is 121 Å². The lowest BCUT2D eigenvalue weighted by molar-refractivity contribution is 0.132. The number of fused-ring (bicyclic) bond motifs is 3. The average molecular weight is 272 g/mol. The van der Waals surface area contributed by atoms with Crippen molar-refractivity contribution in [2.24, 2.45) is 0 Å². The standard InChI is InChI=1S/C17H24N2O/c1-19-8-4-17(5-9-19)6-10-20-16-11-13-3-2-7-18-15(13)12-14(16)17/h11-12,18H,2-10H2,1H3. The molecule has 1 aromatic carbocycles.